The number of benzene rings is 1. The van der Waals surface area contributed by atoms with Crippen molar-refractivity contribution in [3.8, 4) is 11.3 Å². The van der Waals surface area contributed by atoms with Gasteiger partial charge < -0.3 is 22.1 Å². The molecule has 14 nitrogen and oxygen atoms in total. The van der Waals surface area contributed by atoms with E-state index in [2.05, 4.69) is 31.5 Å². The Labute approximate surface area is 225 Å². The lowest BCUT2D eigenvalue weighted by molar-refractivity contribution is 0.405. The lowest BCUT2D eigenvalue weighted by Gasteiger charge is -2.22. The molecule has 0 radical (unpaired) electrons. The van der Waals surface area contributed by atoms with Gasteiger partial charge in [0.15, 0.2) is 22.2 Å². The van der Waals surface area contributed by atoms with Crippen LogP contribution in [-0.2, 0) is 16.0 Å². The Bertz CT molecular complexity index is 1400. The average molecular weight is 581 g/mol. The van der Waals surface area contributed by atoms with Crippen LogP contribution >= 0.6 is 34.4 Å². The fourth-order valence-electron chi connectivity index (χ4n) is 3.00. The highest BCUT2D eigenvalue weighted by Crippen LogP contribution is 2.28. The molecule has 1 aromatic carbocycles. The zero-order chi connectivity index (χ0) is 26.4. The first-order chi connectivity index (χ1) is 17.7. The molecular weight excluding hydrogens is 557 g/mol. The number of thiazole rings is 2. The van der Waals surface area contributed by atoms with Gasteiger partial charge in [-0.25, -0.2) is 15.4 Å². The first kappa shape index (κ1) is 26.5. The zero-order valence-corrected chi connectivity index (χ0v) is 22.4. The maximum Gasteiger partial charge on any atom is 0.356 e. The molecule has 196 valence electrons. The highest BCUT2D eigenvalue weighted by molar-refractivity contribution is 7.98. The molecule has 0 aliphatic carbocycles. The van der Waals surface area contributed by atoms with Crippen LogP contribution in [0, 0.1) is 10.8 Å². The molecule has 0 amide bonds. The van der Waals surface area contributed by atoms with E-state index in [1.165, 1.54) is 35.1 Å². The van der Waals surface area contributed by atoms with Crippen molar-refractivity contribution in [1.29, 1.82) is 10.8 Å². The number of thioether (sulfide) groups is 1. The summed E-state index contributed by atoms with van der Waals surface area (Å²) in [5.41, 5.74) is 19.3. The first-order valence-corrected chi connectivity index (χ1v) is 14.8. The minimum absolute atomic E-state index is 0.161. The van der Waals surface area contributed by atoms with E-state index in [1.807, 2.05) is 16.8 Å². The molecule has 10 N–H and O–H groups in total. The third-order valence-corrected chi connectivity index (χ3v) is 8.55. The summed E-state index contributed by atoms with van der Waals surface area (Å²) in [4.78, 5) is 8.72. The number of aromatic nitrogens is 2. The number of guanidine groups is 2. The van der Waals surface area contributed by atoms with Crippen molar-refractivity contribution < 1.29 is 8.42 Å². The number of nitrogens with two attached hydrogens (primary N) is 2. The predicted octanol–water partition coefficient (Wildman–Crippen LogP) is 1.98. The summed E-state index contributed by atoms with van der Waals surface area (Å²) in [7, 11) is -3.85. The molecule has 0 unspecified atom stereocenters. The van der Waals surface area contributed by atoms with Crippen molar-refractivity contribution in [2.24, 2.45) is 11.5 Å². The van der Waals surface area contributed by atoms with E-state index in [4.69, 9.17) is 22.3 Å². The monoisotopic (exact) mass is 580 g/mol. The van der Waals surface area contributed by atoms with Gasteiger partial charge in [-0.3, -0.25) is 16.2 Å². The van der Waals surface area contributed by atoms with Crippen LogP contribution in [0.25, 0.3) is 11.3 Å². The molecule has 37 heavy (non-hydrogen) atoms. The number of anilines is 3. The largest absolute Gasteiger partial charge is 0.370 e. The Morgan fingerprint density at radius 3 is 2.49 bits per heavy atom. The van der Waals surface area contributed by atoms with E-state index in [0.29, 0.717) is 39.7 Å². The molecule has 1 aliphatic rings. The van der Waals surface area contributed by atoms with Crippen molar-refractivity contribution in [3.63, 3.8) is 0 Å². The zero-order valence-electron chi connectivity index (χ0n) is 19.1. The van der Waals surface area contributed by atoms with Gasteiger partial charge in [0.1, 0.15) is 0 Å². The van der Waals surface area contributed by atoms with Crippen LogP contribution in [-0.4, -0.2) is 51.4 Å². The quantitative estimate of drug-likeness (QED) is 0.0932. The van der Waals surface area contributed by atoms with Crippen molar-refractivity contribution in [3.05, 3.63) is 53.1 Å². The second-order valence-electron chi connectivity index (χ2n) is 7.31. The van der Waals surface area contributed by atoms with Crippen molar-refractivity contribution in [1.82, 2.24) is 24.2 Å². The fraction of sp³-hybridized carbons (Fsp3) is 0.158. The molecular formula is C19H24N12O2S4. The number of nitrogens with one attached hydrogen (secondary N) is 6. The van der Waals surface area contributed by atoms with Crippen LogP contribution in [0.1, 0.15) is 5.69 Å². The van der Waals surface area contributed by atoms with Crippen LogP contribution in [0.2, 0.25) is 0 Å². The Hall–Kier alpha value is -3.58. The van der Waals surface area contributed by atoms with Crippen LogP contribution in [0.4, 0.5) is 16.0 Å². The van der Waals surface area contributed by atoms with Crippen molar-refractivity contribution >= 4 is 72.5 Å². The van der Waals surface area contributed by atoms with E-state index in [1.54, 1.807) is 30.0 Å². The van der Waals surface area contributed by atoms with Gasteiger partial charge in [-0.05, 0) is 12.1 Å². The molecule has 0 fully saturated rings. The smallest absolute Gasteiger partial charge is 0.356 e. The number of hydrazine groups is 2. The Morgan fingerprint density at radius 2 is 1.73 bits per heavy atom. The van der Waals surface area contributed by atoms with Gasteiger partial charge in [0.2, 0.25) is 0 Å². The van der Waals surface area contributed by atoms with Gasteiger partial charge in [-0.15, -0.1) is 22.7 Å². The molecule has 0 spiro atoms. The minimum Gasteiger partial charge on any atom is -0.370 e. The molecule has 3 aromatic rings. The summed E-state index contributed by atoms with van der Waals surface area (Å²) in [6, 6.07) is 7.16. The Morgan fingerprint density at radius 1 is 1.03 bits per heavy atom. The maximum absolute atomic E-state index is 12.9. The van der Waals surface area contributed by atoms with E-state index in [0.717, 1.165) is 20.1 Å². The van der Waals surface area contributed by atoms with Crippen LogP contribution in [0.5, 0.6) is 0 Å². The molecule has 3 heterocycles. The molecule has 4 rings (SSSR count). The van der Waals surface area contributed by atoms with Crippen LogP contribution < -0.4 is 33.0 Å². The number of nitrogens with zero attached hydrogens (tertiary/aromatic N) is 4. The van der Waals surface area contributed by atoms with Gasteiger partial charge in [-0.1, -0.05) is 12.1 Å². The number of hydrogen-bond donors (Lipinski definition) is 8. The average Bonchev–Trinajstić information content (AvgIpc) is 3.54. The maximum atomic E-state index is 12.9. The fourth-order valence-corrected chi connectivity index (χ4v) is 6.38. The normalized spacial score (nSPS) is 14.1. The van der Waals surface area contributed by atoms with E-state index in [9.17, 15) is 8.42 Å². The second kappa shape index (κ2) is 11.6. The molecule has 2 aromatic heterocycles. The molecule has 0 bridgehead atoms. The minimum atomic E-state index is -3.85. The van der Waals surface area contributed by atoms with Gasteiger partial charge >= 0.3 is 10.2 Å². The highest BCUT2D eigenvalue weighted by atomic mass is 32.2. The summed E-state index contributed by atoms with van der Waals surface area (Å²) in [5.74, 6) is 0.938. The van der Waals surface area contributed by atoms with Crippen LogP contribution in [0.3, 0.4) is 0 Å². The summed E-state index contributed by atoms with van der Waals surface area (Å²) in [5, 5.41) is 24.6. The van der Waals surface area contributed by atoms with E-state index < -0.39 is 10.2 Å². The van der Waals surface area contributed by atoms with Gasteiger partial charge in [0.25, 0.3) is 0 Å². The topological polar surface area (TPSA) is 214 Å². The van der Waals surface area contributed by atoms with Gasteiger partial charge in [0, 0.05) is 34.4 Å². The summed E-state index contributed by atoms with van der Waals surface area (Å²) >= 11 is 4.27. The van der Waals surface area contributed by atoms with Crippen molar-refractivity contribution in [2.75, 3.05) is 28.4 Å². The van der Waals surface area contributed by atoms with Gasteiger partial charge in [0.05, 0.1) is 29.5 Å². The number of rotatable bonds is 11. The SMILES string of the molecule is N=C(N)Nc1nc(CSCCNN2C=CN(Nc3cccc(-c4csc(NC(=N)N)n4)c3)S2(=O)=O)cs1. The molecule has 0 saturated carbocycles. The standard InChI is InChI=1S/C19H24N12O2S4/c20-16(21)27-18-25-14(10-35-18)9-34-7-4-24-30-5-6-31(37(30,32)33)29-13-3-1-2-12(8-13)15-11-36-19(26-15)28-17(22)23/h1-3,5-6,8,10-11,24,29H,4,7,9H2,(H4,20,21,25,27)(H4,22,23,26,28). The first-order valence-electron chi connectivity index (χ1n) is 10.5. The Balaban J connectivity index is 1.26. The second-order valence-corrected chi connectivity index (χ2v) is 11.8. The van der Waals surface area contributed by atoms with Crippen LogP contribution in [0.15, 0.2) is 47.4 Å². The van der Waals surface area contributed by atoms with Gasteiger partial charge in [-0.2, -0.15) is 29.0 Å². The molecule has 18 heteroatoms. The lowest BCUT2D eigenvalue weighted by atomic mass is 10.1. The highest BCUT2D eigenvalue weighted by Gasteiger charge is 2.31. The summed E-state index contributed by atoms with van der Waals surface area (Å²) in [6.45, 7) is 0.417. The molecule has 1 aliphatic heterocycles. The predicted molar refractivity (Wildman–Crippen MR) is 150 cm³/mol. The lowest BCUT2D eigenvalue weighted by Crippen LogP contribution is -2.43. The summed E-state index contributed by atoms with van der Waals surface area (Å²) < 4.78 is 27.9. The van der Waals surface area contributed by atoms with E-state index in [-0.39, 0.29) is 11.9 Å². The number of hydrogen-bond acceptors (Lipinski definition) is 11. The van der Waals surface area contributed by atoms with E-state index >= 15 is 0 Å². The third-order valence-electron chi connectivity index (χ3n) is 4.54. The Kier molecular flexibility index (Phi) is 8.34. The molecule has 0 saturated heterocycles. The summed E-state index contributed by atoms with van der Waals surface area (Å²) in [6.07, 6.45) is 2.84. The molecule has 0 atom stereocenters. The third kappa shape index (κ3) is 7.01. The van der Waals surface area contributed by atoms with Crippen molar-refractivity contribution in [2.45, 2.75) is 5.75 Å².